The van der Waals surface area contributed by atoms with E-state index in [9.17, 15) is 9.18 Å². The van der Waals surface area contributed by atoms with Crippen LogP contribution in [0.4, 0.5) is 9.18 Å². The van der Waals surface area contributed by atoms with E-state index in [0.717, 1.165) is 5.56 Å². The number of amides is 1. The van der Waals surface area contributed by atoms with Gasteiger partial charge in [0.05, 0.1) is 0 Å². The van der Waals surface area contributed by atoms with E-state index in [1.54, 1.807) is 11.0 Å². The minimum atomic E-state index is -0.525. The topological polar surface area (TPSA) is 41.6 Å². The Morgan fingerprint density at radius 2 is 1.88 bits per heavy atom. The Morgan fingerprint density at radius 1 is 1.25 bits per heavy atom. The van der Waals surface area contributed by atoms with Crippen molar-refractivity contribution in [2.75, 3.05) is 13.1 Å². The maximum absolute atomic E-state index is 13.3. The second-order valence-electron chi connectivity index (χ2n) is 8.03. The Kier molecular flexibility index (Phi) is 6.78. The van der Waals surface area contributed by atoms with Crippen LogP contribution in [0, 0.1) is 5.82 Å². The molecule has 0 spiro atoms. The molecule has 1 N–H and O–H groups in total. The summed E-state index contributed by atoms with van der Waals surface area (Å²) in [6.45, 7) is 14.6. The van der Waals surface area contributed by atoms with Crippen molar-refractivity contribution in [2.45, 2.75) is 65.6 Å². The van der Waals surface area contributed by atoms with E-state index in [-0.39, 0.29) is 23.5 Å². The number of hydrogen-bond donors (Lipinski definition) is 1. The number of halogens is 1. The summed E-state index contributed by atoms with van der Waals surface area (Å²) in [6.07, 6.45) is -0.324. The van der Waals surface area contributed by atoms with Crippen molar-refractivity contribution in [1.82, 2.24) is 10.2 Å². The third kappa shape index (κ3) is 6.87. The molecular formula is C19H31FN2O2. The Labute approximate surface area is 145 Å². The smallest absolute Gasteiger partial charge is 0.410 e. The molecule has 1 aromatic carbocycles. The van der Waals surface area contributed by atoms with Crippen LogP contribution in [0.3, 0.4) is 0 Å². The maximum Gasteiger partial charge on any atom is 0.410 e. The first-order chi connectivity index (χ1) is 10.9. The SMILES string of the molecule is CC(NCCN(C(=O)OC(C)(C)C)C(C)(C)C)c1cccc(F)c1. The molecule has 0 saturated heterocycles. The van der Waals surface area contributed by atoms with Crippen molar-refractivity contribution in [3.8, 4) is 0 Å². The van der Waals surface area contributed by atoms with Crippen LogP contribution in [-0.4, -0.2) is 35.2 Å². The Morgan fingerprint density at radius 3 is 2.38 bits per heavy atom. The molecule has 0 aliphatic rings. The third-order valence-corrected chi connectivity index (χ3v) is 3.56. The first kappa shape index (κ1) is 20.4. The van der Waals surface area contributed by atoms with E-state index in [4.69, 9.17) is 4.74 Å². The molecule has 0 fully saturated rings. The second-order valence-corrected chi connectivity index (χ2v) is 8.03. The normalized spacial score (nSPS) is 13.5. The maximum atomic E-state index is 13.3. The largest absolute Gasteiger partial charge is 0.444 e. The predicted molar refractivity (Wildman–Crippen MR) is 95.5 cm³/mol. The van der Waals surface area contributed by atoms with Crippen LogP contribution in [0.2, 0.25) is 0 Å². The zero-order chi connectivity index (χ0) is 18.5. The average Bonchev–Trinajstić information content (AvgIpc) is 2.39. The lowest BCUT2D eigenvalue weighted by atomic mass is 10.1. The van der Waals surface area contributed by atoms with Crippen LogP contribution in [-0.2, 0) is 4.74 Å². The van der Waals surface area contributed by atoms with E-state index < -0.39 is 5.60 Å². The first-order valence-electron chi connectivity index (χ1n) is 8.39. The molecule has 1 aromatic rings. The van der Waals surface area contributed by atoms with E-state index in [1.165, 1.54) is 12.1 Å². The summed E-state index contributed by atoms with van der Waals surface area (Å²) in [7, 11) is 0. The van der Waals surface area contributed by atoms with Crippen LogP contribution in [0.5, 0.6) is 0 Å². The summed E-state index contributed by atoms with van der Waals surface area (Å²) in [4.78, 5) is 14.1. The lowest BCUT2D eigenvalue weighted by Gasteiger charge is -2.37. The van der Waals surface area contributed by atoms with Gasteiger partial charge >= 0.3 is 6.09 Å². The molecule has 0 saturated carbocycles. The lowest BCUT2D eigenvalue weighted by molar-refractivity contribution is 0.00649. The van der Waals surface area contributed by atoms with E-state index >= 15 is 0 Å². The molecule has 0 radical (unpaired) electrons. The summed E-state index contributed by atoms with van der Waals surface area (Å²) < 4.78 is 18.8. The molecule has 1 amide bonds. The van der Waals surface area contributed by atoms with Gasteiger partial charge < -0.3 is 15.0 Å². The van der Waals surface area contributed by atoms with Crippen LogP contribution in [0.15, 0.2) is 24.3 Å². The van der Waals surface area contributed by atoms with Crippen molar-refractivity contribution < 1.29 is 13.9 Å². The number of nitrogens with zero attached hydrogens (tertiary/aromatic N) is 1. The fourth-order valence-corrected chi connectivity index (χ4v) is 2.30. The van der Waals surface area contributed by atoms with Gasteiger partial charge in [-0.2, -0.15) is 0 Å². The van der Waals surface area contributed by atoms with Gasteiger partial charge in [0.25, 0.3) is 0 Å². The van der Waals surface area contributed by atoms with Crippen LogP contribution >= 0.6 is 0 Å². The highest BCUT2D eigenvalue weighted by Crippen LogP contribution is 2.18. The molecule has 0 heterocycles. The summed E-state index contributed by atoms with van der Waals surface area (Å²) in [6, 6.07) is 6.54. The van der Waals surface area contributed by atoms with Crippen LogP contribution in [0.25, 0.3) is 0 Å². The molecule has 0 aliphatic heterocycles. The molecule has 1 unspecified atom stereocenters. The molecule has 1 rings (SSSR count). The molecule has 0 aliphatic carbocycles. The summed E-state index contributed by atoms with van der Waals surface area (Å²) in [5.74, 6) is -0.244. The van der Waals surface area contributed by atoms with Gasteiger partial charge in [0.15, 0.2) is 0 Å². The number of carbonyl (C=O) groups is 1. The van der Waals surface area contributed by atoms with Crippen molar-refractivity contribution >= 4 is 6.09 Å². The minimum Gasteiger partial charge on any atom is -0.444 e. The molecule has 4 nitrogen and oxygen atoms in total. The van der Waals surface area contributed by atoms with Gasteiger partial charge in [0.2, 0.25) is 0 Å². The van der Waals surface area contributed by atoms with Gasteiger partial charge in [-0.25, -0.2) is 9.18 Å². The predicted octanol–water partition coefficient (Wildman–Crippen LogP) is 4.51. The molecule has 0 aromatic heterocycles. The van der Waals surface area contributed by atoms with Gasteiger partial charge in [-0.15, -0.1) is 0 Å². The first-order valence-corrected chi connectivity index (χ1v) is 8.39. The Bertz CT molecular complexity index is 547. The van der Waals surface area contributed by atoms with Crippen molar-refractivity contribution in [3.63, 3.8) is 0 Å². The minimum absolute atomic E-state index is 0.00107. The summed E-state index contributed by atoms with van der Waals surface area (Å²) in [5, 5.41) is 3.33. The summed E-state index contributed by atoms with van der Waals surface area (Å²) in [5.41, 5.74) is 0.0178. The standard InChI is InChI=1S/C19H31FN2O2/c1-14(15-9-8-10-16(20)13-15)21-11-12-22(18(2,3)4)17(23)24-19(5,6)7/h8-10,13-14,21H,11-12H2,1-7H3. The number of carbonyl (C=O) groups excluding carboxylic acids is 1. The highest BCUT2D eigenvalue weighted by Gasteiger charge is 2.30. The summed E-state index contributed by atoms with van der Waals surface area (Å²) >= 11 is 0. The molecule has 5 heteroatoms. The van der Waals surface area contributed by atoms with E-state index in [2.05, 4.69) is 5.32 Å². The fraction of sp³-hybridized carbons (Fsp3) is 0.632. The number of ether oxygens (including phenoxy) is 1. The van der Waals surface area contributed by atoms with Gasteiger partial charge in [-0.3, -0.25) is 0 Å². The zero-order valence-electron chi connectivity index (χ0n) is 15.9. The zero-order valence-corrected chi connectivity index (χ0v) is 15.9. The van der Waals surface area contributed by atoms with E-state index in [1.807, 2.05) is 54.5 Å². The quantitative estimate of drug-likeness (QED) is 0.859. The third-order valence-electron chi connectivity index (χ3n) is 3.56. The van der Waals surface area contributed by atoms with Crippen LogP contribution in [0.1, 0.15) is 60.1 Å². The molecule has 0 bridgehead atoms. The van der Waals surface area contributed by atoms with Crippen molar-refractivity contribution in [1.29, 1.82) is 0 Å². The lowest BCUT2D eigenvalue weighted by Crippen LogP contribution is -2.50. The fourth-order valence-electron chi connectivity index (χ4n) is 2.30. The monoisotopic (exact) mass is 338 g/mol. The highest BCUT2D eigenvalue weighted by molar-refractivity contribution is 5.69. The second kappa shape index (κ2) is 7.97. The number of nitrogens with one attached hydrogen (secondary N) is 1. The number of hydrogen-bond acceptors (Lipinski definition) is 3. The van der Waals surface area contributed by atoms with Gasteiger partial charge in [0.1, 0.15) is 11.4 Å². The number of benzene rings is 1. The molecule has 136 valence electrons. The highest BCUT2D eigenvalue weighted by atomic mass is 19.1. The Balaban J connectivity index is 2.64. The van der Waals surface area contributed by atoms with E-state index in [0.29, 0.717) is 13.1 Å². The molecule has 1 atom stereocenters. The molecule has 24 heavy (non-hydrogen) atoms. The Hall–Kier alpha value is -1.62. The van der Waals surface area contributed by atoms with Gasteiger partial charge in [-0.05, 0) is 66.2 Å². The molecular weight excluding hydrogens is 307 g/mol. The van der Waals surface area contributed by atoms with Gasteiger partial charge in [-0.1, -0.05) is 12.1 Å². The van der Waals surface area contributed by atoms with Crippen LogP contribution < -0.4 is 5.32 Å². The number of rotatable bonds is 5. The van der Waals surface area contributed by atoms with Gasteiger partial charge in [0, 0.05) is 24.7 Å². The van der Waals surface area contributed by atoms with Crippen molar-refractivity contribution in [3.05, 3.63) is 35.6 Å². The average molecular weight is 338 g/mol. The van der Waals surface area contributed by atoms with Crippen molar-refractivity contribution in [2.24, 2.45) is 0 Å².